The summed E-state index contributed by atoms with van der Waals surface area (Å²) in [4.78, 5) is 0.138. The van der Waals surface area contributed by atoms with Crippen LogP contribution in [0.3, 0.4) is 0 Å². The largest absolute Gasteiger partial charge is 0.398 e. The molecule has 1 aromatic carbocycles. The first-order valence-corrected chi connectivity index (χ1v) is 9.31. The summed E-state index contributed by atoms with van der Waals surface area (Å²) in [6.07, 6.45) is 7.16. The zero-order valence-corrected chi connectivity index (χ0v) is 13.9. The number of rotatable bonds is 5. The quantitative estimate of drug-likeness (QED) is 0.812. The number of sulfonamides is 1. The smallest absolute Gasteiger partial charge is 0.240 e. The van der Waals surface area contributed by atoms with E-state index in [4.69, 9.17) is 17.3 Å². The molecule has 1 fully saturated rings. The molecule has 0 amide bonds. The molecule has 21 heavy (non-hydrogen) atoms. The molecule has 0 aromatic heterocycles. The lowest BCUT2D eigenvalue weighted by molar-refractivity contribution is 0.339. The Morgan fingerprint density at radius 1 is 1.29 bits per heavy atom. The fourth-order valence-electron chi connectivity index (χ4n) is 2.79. The second kappa shape index (κ2) is 6.99. The first kappa shape index (κ1) is 16.6. The van der Waals surface area contributed by atoms with Gasteiger partial charge >= 0.3 is 0 Å². The van der Waals surface area contributed by atoms with E-state index in [-0.39, 0.29) is 4.90 Å². The van der Waals surface area contributed by atoms with Crippen LogP contribution in [0.15, 0.2) is 17.0 Å². The average molecular weight is 331 g/mol. The van der Waals surface area contributed by atoms with Crippen LogP contribution in [-0.4, -0.2) is 15.0 Å². The number of nitrogens with one attached hydrogen (secondary N) is 1. The van der Waals surface area contributed by atoms with Gasteiger partial charge in [-0.3, -0.25) is 0 Å². The molecule has 0 unspecified atom stereocenters. The van der Waals surface area contributed by atoms with Crippen LogP contribution in [0.4, 0.5) is 5.69 Å². The van der Waals surface area contributed by atoms with Gasteiger partial charge in [0.25, 0.3) is 0 Å². The van der Waals surface area contributed by atoms with Gasteiger partial charge in [-0.05, 0) is 37.0 Å². The van der Waals surface area contributed by atoms with Crippen LogP contribution in [-0.2, 0) is 10.0 Å². The molecule has 4 nitrogen and oxygen atoms in total. The second-order valence-electron chi connectivity index (χ2n) is 5.81. The highest BCUT2D eigenvalue weighted by molar-refractivity contribution is 7.89. The summed E-state index contributed by atoms with van der Waals surface area (Å²) < 4.78 is 27.2. The average Bonchev–Trinajstić information content (AvgIpc) is 2.45. The van der Waals surface area contributed by atoms with E-state index in [1.807, 2.05) is 0 Å². The summed E-state index contributed by atoms with van der Waals surface area (Å²) >= 11 is 6.01. The predicted molar refractivity (Wildman–Crippen MR) is 87.0 cm³/mol. The fourth-order valence-corrected chi connectivity index (χ4v) is 4.19. The molecule has 3 N–H and O–H groups in total. The van der Waals surface area contributed by atoms with Crippen molar-refractivity contribution in [2.75, 3.05) is 12.3 Å². The fraction of sp³-hybridized carbons (Fsp3) is 0.600. The minimum Gasteiger partial charge on any atom is -0.398 e. The summed E-state index contributed by atoms with van der Waals surface area (Å²) in [6, 6.07) is 2.92. The Morgan fingerprint density at radius 2 is 1.95 bits per heavy atom. The van der Waals surface area contributed by atoms with Gasteiger partial charge in [-0.25, -0.2) is 13.1 Å². The molecule has 0 aliphatic heterocycles. The van der Waals surface area contributed by atoms with Crippen molar-refractivity contribution in [1.29, 1.82) is 0 Å². The monoisotopic (exact) mass is 330 g/mol. The summed E-state index contributed by atoms with van der Waals surface area (Å²) in [5.41, 5.74) is 6.89. The van der Waals surface area contributed by atoms with E-state index < -0.39 is 10.0 Å². The third-order valence-electron chi connectivity index (χ3n) is 4.24. The van der Waals surface area contributed by atoms with Gasteiger partial charge in [0.05, 0.1) is 4.90 Å². The molecule has 2 rings (SSSR count). The molecule has 1 aromatic rings. The van der Waals surface area contributed by atoms with Crippen molar-refractivity contribution in [3.8, 4) is 0 Å². The Morgan fingerprint density at radius 3 is 2.57 bits per heavy atom. The minimum absolute atomic E-state index is 0.138. The van der Waals surface area contributed by atoms with Gasteiger partial charge in [0, 0.05) is 17.3 Å². The van der Waals surface area contributed by atoms with Crippen LogP contribution in [0.2, 0.25) is 5.02 Å². The highest BCUT2D eigenvalue weighted by Gasteiger charge is 2.18. The topological polar surface area (TPSA) is 72.2 Å². The minimum atomic E-state index is -3.54. The first-order valence-electron chi connectivity index (χ1n) is 7.45. The summed E-state index contributed by atoms with van der Waals surface area (Å²) in [7, 11) is -3.54. The van der Waals surface area contributed by atoms with E-state index in [9.17, 15) is 8.42 Å². The molecule has 0 spiro atoms. The maximum atomic E-state index is 12.3. The third-order valence-corrected chi connectivity index (χ3v) is 6.07. The Balaban J connectivity index is 1.98. The van der Waals surface area contributed by atoms with E-state index >= 15 is 0 Å². The molecule has 0 heterocycles. The molecule has 1 saturated carbocycles. The molecule has 1 aliphatic rings. The van der Waals surface area contributed by atoms with Crippen LogP contribution in [0.5, 0.6) is 0 Å². The SMILES string of the molecule is Cc1c(N)cc(S(=O)(=O)NCCC2CCCCC2)cc1Cl. The Labute approximate surface area is 132 Å². The third kappa shape index (κ3) is 4.34. The number of anilines is 1. The molecule has 0 saturated heterocycles. The van der Waals surface area contributed by atoms with E-state index in [0.29, 0.717) is 28.7 Å². The maximum absolute atomic E-state index is 12.3. The van der Waals surface area contributed by atoms with E-state index in [1.165, 1.54) is 44.2 Å². The number of benzene rings is 1. The Kier molecular flexibility index (Phi) is 5.52. The van der Waals surface area contributed by atoms with Gasteiger partial charge in [0.15, 0.2) is 0 Å². The lowest BCUT2D eigenvalue weighted by atomic mass is 9.87. The van der Waals surface area contributed by atoms with Crippen molar-refractivity contribution in [3.05, 3.63) is 22.7 Å². The zero-order valence-electron chi connectivity index (χ0n) is 12.4. The molecule has 118 valence electrons. The number of hydrogen-bond acceptors (Lipinski definition) is 3. The number of nitrogen functional groups attached to an aromatic ring is 1. The van der Waals surface area contributed by atoms with Crippen molar-refractivity contribution in [3.63, 3.8) is 0 Å². The Bertz CT molecular complexity index is 573. The van der Waals surface area contributed by atoms with Crippen molar-refractivity contribution in [2.45, 2.75) is 50.3 Å². The lowest BCUT2D eigenvalue weighted by Crippen LogP contribution is -2.26. The van der Waals surface area contributed by atoms with Crippen molar-refractivity contribution in [2.24, 2.45) is 5.92 Å². The van der Waals surface area contributed by atoms with Crippen molar-refractivity contribution >= 4 is 27.3 Å². The van der Waals surface area contributed by atoms with Gasteiger partial charge in [-0.15, -0.1) is 0 Å². The van der Waals surface area contributed by atoms with E-state index in [0.717, 1.165) is 6.42 Å². The highest BCUT2D eigenvalue weighted by atomic mass is 35.5. The van der Waals surface area contributed by atoms with Gasteiger partial charge in [0.2, 0.25) is 10.0 Å². The van der Waals surface area contributed by atoms with Crippen LogP contribution < -0.4 is 10.5 Å². The van der Waals surface area contributed by atoms with Gasteiger partial charge in [-0.2, -0.15) is 0 Å². The number of halogens is 1. The standard InChI is InChI=1S/C15H23ClN2O2S/c1-11-14(16)9-13(10-15(11)17)21(19,20)18-8-7-12-5-3-2-4-6-12/h9-10,12,18H,2-8,17H2,1H3. The molecular weight excluding hydrogens is 308 g/mol. The highest BCUT2D eigenvalue weighted by Crippen LogP contribution is 2.27. The lowest BCUT2D eigenvalue weighted by Gasteiger charge is -2.21. The van der Waals surface area contributed by atoms with Gasteiger partial charge in [-0.1, -0.05) is 43.7 Å². The molecule has 1 aliphatic carbocycles. The first-order chi connectivity index (χ1) is 9.90. The second-order valence-corrected chi connectivity index (χ2v) is 7.98. The maximum Gasteiger partial charge on any atom is 0.240 e. The summed E-state index contributed by atoms with van der Waals surface area (Å²) in [5, 5.41) is 0.377. The Hall–Kier alpha value is -0.780. The molecular formula is C15H23ClN2O2S. The molecule has 6 heteroatoms. The number of hydrogen-bond donors (Lipinski definition) is 2. The van der Waals surface area contributed by atoms with Crippen LogP contribution in [0, 0.1) is 12.8 Å². The zero-order chi connectivity index (χ0) is 15.5. The van der Waals surface area contributed by atoms with E-state index in [2.05, 4.69) is 4.72 Å². The normalized spacial score (nSPS) is 17.0. The van der Waals surface area contributed by atoms with Gasteiger partial charge < -0.3 is 5.73 Å². The molecule has 0 bridgehead atoms. The van der Waals surface area contributed by atoms with E-state index in [1.54, 1.807) is 6.92 Å². The molecule has 0 radical (unpaired) electrons. The number of nitrogens with two attached hydrogens (primary N) is 1. The van der Waals surface area contributed by atoms with Crippen LogP contribution in [0.25, 0.3) is 0 Å². The predicted octanol–water partition coefficient (Wildman–Crippen LogP) is 3.48. The van der Waals surface area contributed by atoms with Crippen LogP contribution >= 0.6 is 11.6 Å². The summed E-state index contributed by atoms with van der Waals surface area (Å²) in [5.74, 6) is 0.646. The van der Waals surface area contributed by atoms with Gasteiger partial charge in [0.1, 0.15) is 0 Å². The molecule has 0 atom stereocenters. The van der Waals surface area contributed by atoms with Crippen molar-refractivity contribution in [1.82, 2.24) is 4.72 Å². The summed E-state index contributed by atoms with van der Waals surface area (Å²) in [6.45, 7) is 2.24. The van der Waals surface area contributed by atoms with Crippen LogP contribution in [0.1, 0.15) is 44.1 Å². The van der Waals surface area contributed by atoms with Crippen molar-refractivity contribution < 1.29 is 8.42 Å².